The molecule has 3 aliphatic heterocycles. The number of benzene rings is 1. The second-order valence-electron chi connectivity index (χ2n) is 11.2. The van der Waals surface area contributed by atoms with E-state index in [2.05, 4.69) is 15.7 Å². The molecule has 1 aromatic carbocycles. The number of alkyl halides is 2. The largest absolute Gasteiger partial charge is 0.380 e. The van der Waals surface area contributed by atoms with Crippen LogP contribution in [0.5, 0.6) is 0 Å². The maximum atomic E-state index is 13.3. The number of rotatable bonds is 6. The standard InChI is InChI=1S/C27H30Cl2N6O5/c1-26(14-27(26,28)29)25(40)33-9-7-16(8-10-33)34-13-15(12-31-34)11-30-18-4-2-3-17-21(18)24(39)35(23(17)38)19-5-6-20(36)32-22(19)37/h2-4,12-13,16,19-20,30,36H,5-11,14H2,1H3,(H,32,37)/t19?,20?,26-/m0/s1. The van der Waals surface area contributed by atoms with E-state index in [0.29, 0.717) is 31.7 Å². The summed E-state index contributed by atoms with van der Waals surface area (Å²) in [4.78, 5) is 54.5. The van der Waals surface area contributed by atoms with E-state index in [0.717, 1.165) is 23.3 Å². The van der Waals surface area contributed by atoms with Crippen LogP contribution in [-0.4, -0.2) is 78.0 Å². The van der Waals surface area contributed by atoms with E-state index < -0.39 is 39.7 Å². The van der Waals surface area contributed by atoms with E-state index >= 15 is 0 Å². The number of nitrogens with one attached hydrogen (secondary N) is 2. The number of hydrogen-bond acceptors (Lipinski definition) is 7. The average Bonchev–Trinajstić information content (AvgIpc) is 3.22. The van der Waals surface area contributed by atoms with E-state index in [1.165, 1.54) is 0 Å². The Balaban J connectivity index is 1.08. The number of halogens is 2. The summed E-state index contributed by atoms with van der Waals surface area (Å²) < 4.78 is 0.931. The number of likely N-dealkylation sites (tertiary alicyclic amines) is 1. The van der Waals surface area contributed by atoms with Gasteiger partial charge in [0.2, 0.25) is 11.8 Å². The smallest absolute Gasteiger partial charge is 0.264 e. The van der Waals surface area contributed by atoms with Gasteiger partial charge >= 0.3 is 0 Å². The lowest BCUT2D eigenvalue weighted by atomic mass is 10.0. The Morgan fingerprint density at radius 2 is 1.88 bits per heavy atom. The highest BCUT2D eigenvalue weighted by Gasteiger charge is 2.68. The van der Waals surface area contributed by atoms with Gasteiger partial charge in [0.15, 0.2) is 0 Å². The van der Waals surface area contributed by atoms with E-state index in [9.17, 15) is 24.3 Å². The van der Waals surface area contributed by atoms with Gasteiger partial charge in [0, 0.05) is 37.1 Å². The SMILES string of the molecule is C[C@@]1(C(=O)N2CCC(n3cc(CNc4cccc5c4C(=O)N(C4CCC(O)NC4=O)C5=O)cn3)CC2)CC1(Cl)Cl. The number of imide groups is 1. The molecule has 1 aliphatic carbocycles. The lowest BCUT2D eigenvalue weighted by Gasteiger charge is -2.34. The molecule has 13 heteroatoms. The molecule has 40 heavy (non-hydrogen) atoms. The molecule has 1 aromatic heterocycles. The first-order valence-corrected chi connectivity index (χ1v) is 14.2. The summed E-state index contributed by atoms with van der Waals surface area (Å²) in [6.45, 7) is 3.40. The fraction of sp³-hybridized carbons (Fsp3) is 0.519. The van der Waals surface area contributed by atoms with Crippen molar-refractivity contribution in [2.24, 2.45) is 5.41 Å². The zero-order valence-corrected chi connectivity index (χ0v) is 23.4. The van der Waals surface area contributed by atoms with Crippen molar-refractivity contribution in [3.05, 3.63) is 47.3 Å². The summed E-state index contributed by atoms with van der Waals surface area (Å²) in [5.41, 5.74) is 1.16. The van der Waals surface area contributed by atoms with Gasteiger partial charge in [-0.3, -0.25) is 28.8 Å². The summed E-state index contributed by atoms with van der Waals surface area (Å²) in [6, 6.07) is 4.19. The van der Waals surface area contributed by atoms with Gasteiger partial charge < -0.3 is 20.6 Å². The number of nitrogens with zero attached hydrogens (tertiary/aromatic N) is 4. The van der Waals surface area contributed by atoms with E-state index in [-0.39, 0.29) is 35.9 Å². The van der Waals surface area contributed by atoms with Gasteiger partial charge in [-0.2, -0.15) is 5.10 Å². The van der Waals surface area contributed by atoms with Crippen LogP contribution in [0.3, 0.4) is 0 Å². The second-order valence-corrected chi connectivity index (χ2v) is 12.7. The van der Waals surface area contributed by atoms with Gasteiger partial charge in [-0.15, -0.1) is 23.2 Å². The molecular weight excluding hydrogens is 559 g/mol. The minimum absolute atomic E-state index is 0.00463. The number of aliphatic hydroxyl groups is 1. The highest BCUT2D eigenvalue weighted by molar-refractivity contribution is 6.53. The molecule has 4 heterocycles. The monoisotopic (exact) mass is 588 g/mol. The normalized spacial score (nSPS) is 27.9. The third-order valence-corrected chi connectivity index (χ3v) is 9.68. The molecule has 3 N–H and O–H groups in total. The molecule has 2 aromatic rings. The summed E-state index contributed by atoms with van der Waals surface area (Å²) in [5.74, 6) is -1.59. The third-order valence-electron chi connectivity index (χ3n) is 8.58. The van der Waals surface area contributed by atoms with Crippen molar-refractivity contribution in [2.75, 3.05) is 18.4 Å². The van der Waals surface area contributed by atoms with Gasteiger partial charge in [0.05, 0.1) is 28.8 Å². The van der Waals surface area contributed by atoms with Crippen molar-refractivity contribution in [3.8, 4) is 0 Å². The summed E-state index contributed by atoms with van der Waals surface area (Å²) in [6.07, 6.45) is 5.18. The van der Waals surface area contributed by atoms with Crippen LogP contribution in [0.25, 0.3) is 0 Å². The molecule has 212 valence electrons. The lowest BCUT2D eigenvalue weighted by Crippen LogP contribution is -2.55. The predicted octanol–water partition coefficient (Wildman–Crippen LogP) is 2.44. The van der Waals surface area contributed by atoms with Crippen LogP contribution in [-0.2, 0) is 16.1 Å². The molecule has 3 fully saturated rings. The van der Waals surface area contributed by atoms with Crippen molar-refractivity contribution in [1.29, 1.82) is 0 Å². The topological polar surface area (TPSA) is 137 Å². The van der Waals surface area contributed by atoms with E-state index in [1.54, 1.807) is 24.4 Å². The van der Waals surface area contributed by atoms with Crippen LogP contribution in [0.1, 0.15) is 71.3 Å². The second kappa shape index (κ2) is 9.74. The third kappa shape index (κ3) is 4.44. The predicted molar refractivity (Wildman–Crippen MR) is 146 cm³/mol. The van der Waals surface area contributed by atoms with Crippen LogP contribution < -0.4 is 10.6 Å². The van der Waals surface area contributed by atoms with E-state index in [4.69, 9.17) is 23.2 Å². The van der Waals surface area contributed by atoms with Gasteiger partial charge in [-0.1, -0.05) is 6.07 Å². The van der Waals surface area contributed by atoms with Crippen LogP contribution >= 0.6 is 23.2 Å². The van der Waals surface area contributed by atoms with Crippen LogP contribution in [0.2, 0.25) is 0 Å². The molecule has 0 bridgehead atoms. The number of piperidine rings is 2. The highest BCUT2D eigenvalue weighted by atomic mass is 35.5. The first-order valence-electron chi connectivity index (χ1n) is 13.4. The maximum Gasteiger partial charge on any atom is 0.264 e. The Morgan fingerprint density at radius 3 is 2.55 bits per heavy atom. The zero-order chi connectivity index (χ0) is 28.4. The van der Waals surface area contributed by atoms with Crippen LogP contribution in [0.4, 0.5) is 5.69 Å². The Hall–Kier alpha value is -3.15. The Kier molecular flexibility index (Phi) is 6.59. The number of aromatic nitrogens is 2. The zero-order valence-electron chi connectivity index (χ0n) is 21.9. The Bertz CT molecular complexity index is 1400. The van der Waals surface area contributed by atoms with Crippen molar-refractivity contribution in [3.63, 3.8) is 0 Å². The molecule has 2 saturated heterocycles. The number of aliphatic hydroxyl groups excluding tert-OH is 1. The Morgan fingerprint density at radius 1 is 1.15 bits per heavy atom. The molecule has 11 nitrogen and oxygen atoms in total. The fourth-order valence-electron chi connectivity index (χ4n) is 5.94. The highest BCUT2D eigenvalue weighted by Crippen LogP contribution is 2.64. The molecular formula is C27H30Cl2N6O5. The number of carbonyl (C=O) groups excluding carboxylic acids is 4. The molecule has 2 unspecified atom stereocenters. The molecule has 4 aliphatic rings. The molecule has 0 radical (unpaired) electrons. The number of carbonyl (C=O) groups is 4. The summed E-state index contributed by atoms with van der Waals surface area (Å²) in [5, 5.41) is 19.9. The van der Waals surface area contributed by atoms with Gasteiger partial charge in [0.1, 0.15) is 16.6 Å². The minimum Gasteiger partial charge on any atom is -0.380 e. The minimum atomic E-state index is -0.978. The van der Waals surface area contributed by atoms with Crippen LogP contribution in [0.15, 0.2) is 30.6 Å². The summed E-state index contributed by atoms with van der Waals surface area (Å²) in [7, 11) is 0. The van der Waals surface area contributed by atoms with Crippen molar-refractivity contribution >= 4 is 52.5 Å². The average molecular weight is 589 g/mol. The lowest BCUT2D eigenvalue weighted by molar-refractivity contribution is -0.137. The van der Waals surface area contributed by atoms with Gasteiger partial charge in [0.25, 0.3) is 11.8 Å². The first kappa shape index (κ1) is 27.0. The number of anilines is 1. The van der Waals surface area contributed by atoms with Crippen molar-refractivity contribution in [2.45, 2.75) is 68.2 Å². The molecule has 1 saturated carbocycles. The first-order chi connectivity index (χ1) is 19.0. The Labute approximate surface area is 240 Å². The van der Waals surface area contributed by atoms with Crippen molar-refractivity contribution < 1.29 is 24.3 Å². The molecule has 0 spiro atoms. The van der Waals surface area contributed by atoms with E-state index in [1.807, 2.05) is 22.7 Å². The van der Waals surface area contributed by atoms with Crippen molar-refractivity contribution in [1.82, 2.24) is 24.9 Å². The number of fused-ring (bicyclic) bond motifs is 1. The van der Waals surface area contributed by atoms with Gasteiger partial charge in [-0.05, 0) is 51.2 Å². The summed E-state index contributed by atoms with van der Waals surface area (Å²) >= 11 is 12.4. The maximum absolute atomic E-state index is 13.3. The molecule has 3 atom stereocenters. The van der Waals surface area contributed by atoms with Crippen LogP contribution in [0, 0.1) is 5.41 Å². The molecule has 6 rings (SSSR count). The quantitative estimate of drug-likeness (QED) is 0.348. The fourth-order valence-corrected chi connectivity index (χ4v) is 6.64. The number of hydrogen-bond donors (Lipinski definition) is 3. The molecule has 4 amide bonds. The number of amides is 4. The van der Waals surface area contributed by atoms with Gasteiger partial charge in [-0.25, -0.2) is 0 Å².